The zero-order chi connectivity index (χ0) is 16.9. The molecule has 0 saturated carbocycles. The average molecular weight is 338 g/mol. The maximum Gasteiger partial charge on any atom is 0.412 e. The first-order valence-electron chi connectivity index (χ1n) is 7.74. The van der Waals surface area contributed by atoms with E-state index in [4.69, 9.17) is 9.72 Å². The van der Waals surface area contributed by atoms with Crippen molar-refractivity contribution in [3.63, 3.8) is 0 Å². The fourth-order valence-electron chi connectivity index (χ4n) is 2.28. The SMILES string of the molecule is CCOC(=O)Nc1sc(-c2ccccc2)nc1-c1ccc(C)cc1. The molecule has 0 fully saturated rings. The van der Waals surface area contributed by atoms with Gasteiger partial charge in [0.15, 0.2) is 0 Å². The molecular weight excluding hydrogens is 320 g/mol. The number of amides is 1. The second-order valence-corrected chi connectivity index (χ2v) is 6.27. The van der Waals surface area contributed by atoms with Crippen molar-refractivity contribution >= 4 is 22.4 Å². The summed E-state index contributed by atoms with van der Waals surface area (Å²) < 4.78 is 5.00. The van der Waals surface area contributed by atoms with Gasteiger partial charge in [0.25, 0.3) is 0 Å². The van der Waals surface area contributed by atoms with E-state index in [1.54, 1.807) is 6.92 Å². The highest BCUT2D eigenvalue weighted by molar-refractivity contribution is 7.19. The number of hydrogen-bond acceptors (Lipinski definition) is 4. The Morgan fingerprint density at radius 1 is 1.08 bits per heavy atom. The van der Waals surface area contributed by atoms with Crippen LogP contribution < -0.4 is 5.32 Å². The number of aromatic nitrogens is 1. The van der Waals surface area contributed by atoms with E-state index in [0.717, 1.165) is 21.8 Å². The molecule has 1 aromatic heterocycles. The van der Waals surface area contributed by atoms with Crippen molar-refractivity contribution in [2.24, 2.45) is 0 Å². The number of thiazole rings is 1. The number of carbonyl (C=O) groups is 1. The number of benzene rings is 2. The zero-order valence-electron chi connectivity index (χ0n) is 13.6. The first kappa shape index (κ1) is 16.2. The molecule has 0 bridgehead atoms. The third-order valence-corrected chi connectivity index (χ3v) is 4.48. The van der Waals surface area contributed by atoms with E-state index < -0.39 is 6.09 Å². The quantitative estimate of drug-likeness (QED) is 0.697. The van der Waals surface area contributed by atoms with Crippen LogP contribution in [0.1, 0.15) is 12.5 Å². The van der Waals surface area contributed by atoms with E-state index in [1.807, 2.05) is 61.5 Å². The molecule has 1 amide bonds. The van der Waals surface area contributed by atoms with E-state index >= 15 is 0 Å². The molecule has 0 spiro atoms. The third kappa shape index (κ3) is 3.63. The highest BCUT2D eigenvalue weighted by Gasteiger charge is 2.16. The van der Waals surface area contributed by atoms with Gasteiger partial charge in [-0.2, -0.15) is 0 Å². The Bertz CT molecular complexity index is 826. The monoisotopic (exact) mass is 338 g/mol. The summed E-state index contributed by atoms with van der Waals surface area (Å²) in [4.78, 5) is 16.6. The number of hydrogen-bond donors (Lipinski definition) is 1. The van der Waals surface area contributed by atoms with E-state index in [1.165, 1.54) is 16.9 Å². The van der Waals surface area contributed by atoms with Gasteiger partial charge < -0.3 is 4.74 Å². The van der Waals surface area contributed by atoms with Crippen LogP contribution in [-0.2, 0) is 4.74 Å². The molecule has 5 heteroatoms. The lowest BCUT2D eigenvalue weighted by Gasteiger charge is -2.05. The number of anilines is 1. The summed E-state index contributed by atoms with van der Waals surface area (Å²) in [7, 11) is 0. The predicted molar refractivity (Wildman–Crippen MR) is 98.4 cm³/mol. The third-order valence-electron chi connectivity index (χ3n) is 3.46. The van der Waals surface area contributed by atoms with Crippen molar-refractivity contribution in [2.45, 2.75) is 13.8 Å². The minimum Gasteiger partial charge on any atom is -0.450 e. The number of aryl methyl sites for hydroxylation is 1. The van der Waals surface area contributed by atoms with Crippen LogP contribution in [0.4, 0.5) is 9.80 Å². The van der Waals surface area contributed by atoms with Crippen LogP contribution in [0.15, 0.2) is 54.6 Å². The minimum absolute atomic E-state index is 0.329. The number of nitrogens with zero attached hydrogens (tertiary/aromatic N) is 1. The molecule has 0 aliphatic heterocycles. The van der Waals surface area contributed by atoms with E-state index in [0.29, 0.717) is 11.6 Å². The van der Waals surface area contributed by atoms with Gasteiger partial charge in [-0.3, -0.25) is 5.32 Å². The molecule has 0 radical (unpaired) electrons. The van der Waals surface area contributed by atoms with Gasteiger partial charge in [-0.15, -0.1) is 0 Å². The molecule has 2 aromatic carbocycles. The topological polar surface area (TPSA) is 51.2 Å². The summed E-state index contributed by atoms with van der Waals surface area (Å²) in [5.41, 5.74) is 3.92. The zero-order valence-corrected chi connectivity index (χ0v) is 14.4. The molecular formula is C19H18N2O2S. The summed E-state index contributed by atoms with van der Waals surface area (Å²) in [6, 6.07) is 18.0. The van der Waals surface area contributed by atoms with Crippen LogP contribution in [0, 0.1) is 6.92 Å². The maximum atomic E-state index is 11.8. The van der Waals surface area contributed by atoms with Crippen LogP contribution >= 0.6 is 11.3 Å². The fraction of sp³-hybridized carbons (Fsp3) is 0.158. The molecule has 1 N–H and O–H groups in total. The standard InChI is InChI=1S/C19H18N2O2S/c1-3-23-19(22)21-18-16(14-11-9-13(2)10-12-14)20-17(24-18)15-7-5-4-6-8-15/h4-12H,3H2,1-2H3,(H,21,22). The predicted octanol–water partition coefficient (Wildman–Crippen LogP) is 5.35. The first-order chi connectivity index (χ1) is 11.7. The molecule has 0 aliphatic rings. The molecule has 0 aliphatic carbocycles. The lowest BCUT2D eigenvalue weighted by Crippen LogP contribution is -2.12. The van der Waals surface area contributed by atoms with Gasteiger partial charge >= 0.3 is 6.09 Å². The van der Waals surface area contributed by atoms with Crippen LogP contribution in [0.25, 0.3) is 21.8 Å². The molecule has 4 nitrogen and oxygen atoms in total. The number of rotatable bonds is 4. The summed E-state index contributed by atoms with van der Waals surface area (Å²) in [5.74, 6) is 0. The molecule has 24 heavy (non-hydrogen) atoms. The summed E-state index contributed by atoms with van der Waals surface area (Å²) >= 11 is 1.44. The molecule has 3 aromatic rings. The lowest BCUT2D eigenvalue weighted by molar-refractivity contribution is 0.168. The Balaban J connectivity index is 2.02. The Hall–Kier alpha value is -2.66. The number of ether oxygens (including phenoxy) is 1. The fourth-order valence-corrected chi connectivity index (χ4v) is 3.25. The van der Waals surface area contributed by atoms with E-state index in [2.05, 4.69) is 5.32 Å². The molecule has 0 unspecified atom stereocenters. The second-order valence-electron chi connectivity index (χ2n) is 5.27. The maximum absolute atomic E-state index is 11.8. The Morgan fingerprint density at radius 2 is 1.79 bits per heavy atom. The molecule has 3 rings (SSSR count). The van der Waals surface area contributed by atoms with E-state index in [-0.39, 0.29) is 0 Å². The smallest absolute Gasteiger partial charge is 0.412 e. The second kappa shape index (κ2) is 7.27. The Kier molecular flexibility index (Phi) is 4.91. The van der Waals surface area contributed by atoms with Gasteiger partial charge in [0.05, 0.1) is 6.61 Å². The molecule has 1 heterocycles. The summed E-state index contributed by atoms with van der Waals surface area (Å²) in [6.07, 6.45) is -0.464. The van der Waals surface area contributed by atoms with E-state index in [9.17, 15) is 4.79 Å². The van der Waals surface area contributed by atoms with Gasteiger partial charge in [-0.1, -0.05) is 71.5 Å². The van der Waals surface area contributed by atoms with Gasteiger partial charge in [0.1, 0.15) is 15.7 Å². The lowest BCUT2D eigenvalue weighted by atomic mass is 10.1. The highest BCUT2D eigenvalue weighted by atomic mass is 32.1. The Morgan fingerprint density at radius 3 is 2.46 bits per heavy atom. The summed E-state index contributed by atoms with van der Waals surface area (Å²) in [5, 5.41) is 4.36. The Labute approximate surface area is 145 Å². The van der Waals surface area contributed by atoms with Crippen molar-refractivity contribution in [1.82, 2.24) is 4.98 Å². The van der Waals surface area contributed by atoms with Crippen molar-refractivity contribution in [1.29, 1.82) is 0 Å². The highest BCUT2D eigenvalue weighted by Crippen LogP contribution is 2.38. The average Bonchev–Trinajstić information content (AvgIpc) is 3.00. The van der Waals surface area contributed by atoms with Gasteiger partial charge in [0, 0.05) is 11.1 Å². The van der Waals surface area contributed by atoms with Crippen molar-refractivity contribution < 1.29 is 9.53 Å². The van der Waals surface area contributed by atoms with Crippen LogP contribution in [-0.4, -0.2) is 17.7 Å². The van der Waals surface area contributed by atoms with Crippen molar-refractivity contribution in [2.75, 3.05) is 11.9 Å². The number of nitrogens with one attached hydrogen (secondary N) is 1. The van der Waals surface area contributed by atoms with Crippen LogP contribution in [0.2, 0.25) is 0 Å². The summed E-state index contributed by atoms with van der Waals surface area (Å²) in [6.45, 7) is 4.15. The van der Waals surface area contributed by atoms with Gasteiger partial charge in [-0.25, -0.2) is 9.78 Å². The van der Waals surface area contributed by atoms with Crippen LogP contribution in [0.3, 0.4) is 0 Å². The van der Waals surface area contributed by atoms with Crippen molar-refractivity contribution in [3.05, 3.63) is 60.2 Å². The molecule has 0 saturated heterocycles. The molecule has 0 atom stereocenters. The van der Waals surface area contributed by atoms with Crippen molar-refractivity contribution in [3.8, 4) is 21.8 Å². The normalized spacial score (nSPS) is 10.4. The largest absolute Gasteiger partial charge is 0.450 e. The van der Waals surface area contributed by atoms with Gasteiger partial charge in [0.2, 0.25) is 0 Å². The number of carbonyl (C=O) groups excluding carboxylic acids is 1. The first-order valence-corrected chi connectivity index (χ1v) is 8.56. The van der Waals surface area contributed by atoms with Crippen LogP contribution in [0.5, 0.6) is 0 Å². The van der Waals surface area contributed by atoms with Gasteiger partial charge in [-0.05, 0) is 13.8 Å². The minimum atomic E-state index is -0.464. The molecule has 122 valence electrons.